The summed E-state index contributed by atoms with van der Waals surface area (Å²) < 4.78 is 8.25. The summed E-state index contributed by atoms with van der Waals surface area (Å²) in [5.74, 6) is 0. The van der Waals surface area contributed by atoms with Gasteiger partial charge < -0.3 is 0 Å². The SMILES string of the molecule is [Hf].[O]=[Ti].[SnH4]. The van der Waals surface area contributed by atoms with Gasteiger partial charge in [-0.05, 0) is 0 Å². The first-order valence-corrected chi connectivity index (χ1v) is 0.842. The normalized spacial score (nSPS) is 0.750. The van der Waals surface area contributed by atoms with E-state index in [1.54, 1.807) is 0 Å². The van der Waals surface area contributed by atoms with Gasteiger partial charge in [0, 0.05) is 25.8 Å². The Hall–Kier alpha value is 2.18. The quantitative estimate of drug-likeness (QED) is 0.474. The molecule has 0 aliphatic carbocycles. The van der Waals surface area contributed by atoms with Crippen LogP contribution in [-0.4, -0.2) is 23.9 Å². The van der Waals surface area contributed by atoms with E-state index in [-0.39, 0.29) is 49.8 Å². The monoisotopic (exact) mass is 368 g/mol. The van der Waals surface area contributed by atoms with Crippen molar-refractivity contribution in [1.82, 2.24) is 0 Å². The van der Waals surface area contributed by atoms with Gasteiger partial charge in [0.2, 0.25) is 0 Å². The molecular weight excluding hydrogens is 361 g/mol. The fraction of sp³-hybridized carbons (Fsp3) is 0. The molecule has 0 aliphatic heterocycles. The molecule has 0 bridgehead atoms. The van der Waals surface area contributed by atoms with Gasteiger partial charge in [-0.15, -0.1) is 0 Å². The molecule has 4 heavy (non-hydrogen) atoms. The van der Waals surface area contributed by atoms with E-state index < -0.39 is 0 Å². The fourth-order valence-electron chi connectivity index (χ4n) is 0. The Bertz CT molecular complexity index is 8.00. The first-order chi connectivity index (χ1) is 1.00. The van der Waals surface area contributed by atoms with Crippen molar-refractivity contribution in [2.75, 3.05) is 0 Å². The minimum atomic E-state index is 0. The van der Waals surface area contributed by atoms with Gasteiger partial charge in [-0.2, -0.15) is 0 Å². The van der Waals surface area contributed by atoms with Crippen LogP contribution < -0.4 is 0 Å². The van der Waals surface area contributed by atoms with Gasteiger partial charge in [0.1, 0.15) is 0 Å². The standard InChI is InChI=1S/Hf.O.Sn.Ti.4H. The molecule has 0 rings (SSSR count). The zero-order chi connectivity index (χ0) is 2.00. The predicted molar refractivity (Wildman–Crippen MR) is 12.0 cm³/mol. The summed E-state index contributed by atoms with van der Waals surface area (Å²) in [7, 11) is 0. The number of hydrogen-bond acceptors (Lipinski definition) is 1. The second kappa shape index (κ2) is 19.0. The van der Waals surface area contributed by atoms with E-state index in [1.807, 2.05) is 0 Å². The summed E-state index contributed by atoms with van der Waals surface area (Å²) in [4.78, 5) is 0. The van der Waals surface area contributed by atoms with Crippen molar-refractivity contribution in [3.05, 3.63) is 0 Å². The average molecular weight is 365 g/mol. The Balaban J connectivity index is -0.00000000500. The Kier molecular flexibility index (Phi) is 78.0. The predicted octanol–water partition coefficient (Wildman–Crippen LogP) is -1.58. The van der Waals surface area contributed by atoms with Crippen molar-refractivity contribution < 1.29 is 49.6 Å². The van der Waals surface area contributed by atoms with Gasteiger partial charge in [-0.1, -0.05) is 0 Å². The van der Waals surface area contributed by atoms with Gasteiger partial charge in [-0.3, -0.25) is 0 Å². The molecule has 0 atom stereocenters. The van der Waals surface area contributed by atoms with Crippen molar-refractivity contribution in [3.63, 3.8) is 0 Å². The van der Waals surface area contributed by atoms with Crippen LogP contribution in [-0.2, 0) is 49.6 Å². The molecule has 0 aliphatic rings. The molecule has 22 valence electrons. The van der Waals surface area contributed by atoms with Crippen molar-refractivity contribution in [2.24, 2.45) is 0 Å². The molecule has 0 unspecified atom stereocenters. The Morgan fingerprint density at radius 1 is 1.25 bits per heavy atom. The number of hydrogen-bond donors (Lipinski definition) is 0. The summed E-state index contributed by atoms with van der Waals surface area (Å²) >= 11 is 0.750. The van der Waals surface area contributed by atoms with Gasteiger partial charge in [-0.25, -0.2) is 0 Å². The van der Waals surface area contributed by atoms with Crippen LogP contribution in [0.15, 0.2) is 0 Å². The summed E-state index contributed by atoms with van der Waals surface area (Å²) in [5.41, 5.74) is 0. The summed E-state index contributed by atoms with van der Waals surface area (Å²) in [6.07, 6.45) is 0. The second-order valence-electron chi connectivity index (χ2n) is 0. The first-order valence-electron chi connectivity index (χ1n) is 0.204. The third kappa shape index (κ3) is 8.89. The van der Waals surface area contributed by atoms with Crippen molar-refractivity contribution >= 4 is 23.9 Å². The van der Waals surface area contributed by atoms with Crippen LogP contribution >= 0.6 is 0 Å². The molecule has 0 amide bonds. The summed E-state index contributed by atoms with van der Waals surface area (Å²) in [5, 5.41) is 0. The van der Waals surface area contributed by atoms with Crippen LogP contribution in [0.1, 0.15) is 0 Å². The molecule has 0 heterocycles. The van der Waals surface area contributed by atoms with E-state index in [2.05, 4.69) is 0 Å². The van der Waals surface area contributed by atoms with Crippen LogP contribution in [0.25, 0.3) is 0 Å². The van der Waals surface area contributed by atoms with Gasteiger partial charge >= 0.3 is 47.6 Å². The van der Waals surface area contributed by atoms with Crippen molar-refractivity contribution in [2.45, 2.75) is 0 Å². The fourth-order valence-corrected chi connectivity index (χ4v) is 0. The van der Waals surface area contributed by atoms with Crippen LogP contribution in [0.3, 0.4) is 0 Å². The van der Waals surface area contributed by atoms with E-state index in [1.165, 1.54) is 0 Å². The minimum absolute atomic E-state index is 0. The van der Waals surface area contributed by atoms with E-state index in [9.17, 15) is 0 Å². The topological polar surface area (TPSA) is 17.1 Å². The average Bonchev–Trinajstić information content (AvgIpc) is 1.00. The molecule has 0 saturated heterocycles. The molecule has 1 nitrogen and oxygen atoms in total. The van der Waals surface area contributed by atoms with Crippen LogP contribution in [0.5, 0.6) is 0 Å². The van der Waals surface area contributed by atoms with E-state index in [0.717, 1.165) is 20.4 Å². The maximum absolute atomic E-state index is 8.25. The second-order valence-corrected chi connectivity index (χ2v) is 0. The van der Waals surface area contributed by atoms with Gasteiger partial charge in [0.15, 0.2) is 0 Å². The third-order valence-electron chi connectivity index (χ3n) is 0. The van der Waals surface area contributed by atoms with E-state index >= 15 is 0 Å². The van der Waals surface area contributed by atoms with Gasteiger partial charge in [0.25, 0.3) is 0 Å². The molecule has 0 spiro atoms. The molecule has 0 radical (unpaired) electrons. The van der Waals surface area contributed by atoms with E-state index in [0.29, 0.717) is 0 Å². The molecule has 0 aromatic heterocycles. The molecule has 0 aromatic carbocycles. The van der Waals surface area contributed by atoms with Gasteiger partial charge in [0.05, 0.1) is 0 Å². The van der Waals surface area contributed by atoms with Crippen molar-refractivity contribution in [1.29, 1.82) is 0 Å². The van der Waals surface area contributed by atoms with E-state index in [4.69, 9.17) is 3.32 Å². The van der Waals surface area contributed by atoms with Crippen LogP contribution in [0.4, 0.5) is 0 Å². The van der Waals surface area contributed by atoms with Crippen LogP contribution in [0, 0.1) is 0 Å². The molecular formula is H4HfOSnTi. The molecule has 0 aromatic rings. The Morgan fingerprint density at radius 3 is 1.25 bits per heavy atom. The zero-order valence-electron chi connectivity index (χ0n) is 1.41. The number of rotatable bonds is 0. The van der Waals surface area contributed by atoms with Crippen molar-refractivity contribution in [3.8, 4) is 0 Å². The Morgan fingerprint density at radius 2 is 1.25 bits per heavy atom. The molecule has 4 heteroatoms. The molecule has 0 N–H and O–H groups in total. The maximum atomic E-state index is 8.25. The zero-order valence-corrected chi connectivity index (χ0v) is 6.56. The van der Waals surface area contributed by atoms with Crippen LogP contribution in [0.2, 0.25) is 0 Å². The molecule has 0 saturated carbocycles. The molecule has 0 fully saturated rings. The first kappa shape index (κ1) is 16.4. The summed E-state index contributed by atoms with van der Waals surface area (Å²) in [6, 6.07) is 0. The Labute approximate surface area is 72.4 Å². The third-order valence-corrected chi connectivity index (χ3v) is 0. The summed E-state index contributed by atoms with van der Waals surface area (Å²) in [6.45, 7) is 0.